The molecule has 3 aromatic rings. The van der Waals surface area contributed by atoms with Gasteiger partial charge < -0.3 is 15.0 Å². The summed E-state index contributed by atoms with van der Waals surface area (Å²) in [5, 5.41) is 0.363. The summed E-state index contributed by atoms with van der Waals surface area (Å²) in [5.74, 6) is -0.158. The maximum atomic E-state index is 13.7. The Morgan fingerprint density at radius 2 is 1.94 bits per heavy atom. The van der Waals surface area contributed by atoms with Gasteiger partial charge in [-0.25, -0.2) is 4.79 Å². The van der Waals surface area contributed by atoms with Gasteiger partial charge in [-0.05, 0) is 18.6 Å². The van der Waals surface area contributed by atoms with Crippen molar-refractivity contribution in [2.45, 2.75) is 32.9 Å². The first-order valence-corrected chi connectivity index (χ1v) is 11.0. The molecule has 176 valence electrons. The minimum absolute atomic E-state index is 0.0530. The number of carbonyl (C=O) groups is 1. The molecule has 0 spiro atoms. The number of rotatable bonds is 8. The zero-order valence-corrected chi connectivity index (χ0v) is 20.0. The molecule has 3 N–H and O–H groups in total. The topological polar surface area (TPSA) is 115 Å². The Labute approximate surface area is 200 Å². The average molecular weight is 494 g/mol. The number of ether oxygens (including phenoxy) is 1. The molecule has 9 nitrogen and oxygen atoms in total. The third kappa shape index (κ3) is 4.79. The molecule has 0 unspecified atom stereocenters. The van der Waals surface area contributed by atoms with Crippen molar-refractivity contribution >= 4 is 40.6 Å². The number of nitrogen functional groups attached to an aromatic ring is 1. The van der Waals surface area contributed by atoms with Crippen LogP contribution < -0.4 is 26.6 Å². The van der Waals surface area contributed by atoms with E-state index in [9.17, 15) is 14.4 Å². The Balaban J connectivity index is 2.23. The maximum Gasteiger partial charge on any atom is 0.330 e. The van der Waals surface area contributed by atoms with Gasteiger partial charge in [0, 0.05) is 19.2 Å². The van der Waals surface area contributed by atoms with Gasteiger partial charge in [0.05, 0.1) is 18.7 Å². The van der Waals surface area contributed by atoms with Gasteiger partial charge in [-0.3, -0.25) is 24.0 Å². The normalized spacial score (nSPS) is 10.9. The molecule has 3 rings (SSSR count). The van der Waals surface area contributed by atoms with Crippen LogP contribution in [0.5, 0.6) is 5.75 Å². The Morgan fingerprint density at radius 3 is 2.55 bits per heavy atom. The minimum Gasteiger partial charge on any atom is -0.496 e. The summed E-state index contributed by atoms with van der Waals surface area (Å²) in [6, 6.07) is 8.49. The van der Waals surface area contributed by atoms with Crippen LogP contribution >= 0.6 is 23.2 Å². The Morgan fingerprint density at radius 1 is 1.24 bits per heavy atom. The average Bonchev–Trinajstić information content (AvgIpc) is 3.05. The Kier molecular flexibility index (Phi) is 7.55. The van der Waals surface area contributed by atoms with Crippen molar-refractivity contribution < 1.29 is 9.53 Å². The van der Waals surface area contributed by atoms with E-state index < -0.39 is 17.2 Å². The van der Waals surface area contributed by atoms with Crippen LogP contribution in [-0.2, 0) is 20.1 Å². The minimum atomic E-state index is -0.778. The fourth-order valence-electron chi connectivity index (χ4n) is 3.52. The van der Waals surface area contributed by atoms with E-state index in [2.05, 4.69) is 4.98 Å². The Bertz CT molecular complexity index is 1290. The second-order valence-electron chi connectivity index (χ2n) is 7.43. The fraction of sp³-hybridized carbons (Fsp3) is 0.318. The number of nitrogens with two attached hydrogens (primary N) is 1. The van der Waals surface area contributed by atoms with Crippen molar-refractivity contribution in [3.05, 3.63) is 72.6 Å². The van der Waals surface area contributed by atoms with Gasteiger partial charge in [-0.2, -0.15) is 0 Å². The lowest BCUT2D eigenvalue weighted by molar-refractivity contribution is 0.0977. The standard InChI is InChI=1S/C22H25Cl2N5O4/c1-4-5-10-28-19(25)17(20(30)26-22(28)32)29(12-13-8-6-7-9-16(13)33-3)21(31)15-11-14(23)18(24)27(15)2/h6-9,11H,4-5,10,12,25H2,1-3H3,(H,26,30,32). The van der Waals surface area contributed by atoms with Crippen LogP contribution in [0.4, 0.5) is 11.5 Å². The van der Waals surface area contributed by atoms with Gasteiger partial charge in [0.2, 0.25) is 0 Å². The van der Waals surface area contributed by atoms with E-state index in [1.54, 1.807) is 31.3 Å². The van der Waals surface area contributed by atoms with E-state index in [-0.39, 0.29) is 33.9 Å². The second kappa shape index (κ2) is 10.2. The SMILES string of the molecule is CCCCn1c(N)c(N(Cc2ccccc2OC)C(=O)c2cc(Cl)c(Cl)n2C)c(=O)[nH]c1=O. The number of nitrogens with one attached hydrogen (secondary N) is 1. The number of benzene rings is 1. The summed E-state index contributed by atoms with van der Waals surface area (Å²) >= 11 is 12.3. The highest BCUT2D eigenvalue weighted by molar-refractivity contribution is 6.42. The van der Waals surface area contributed by atoms with Crippen LogP contribution in [0.15, 0.2) is 39.9 Å². The van der Waals surface area contributed by atoms with Gasteiger partial charge >= 0.3 is 5.69 Å². The smallest absolute Gasteiger partial charge is 0.330 e. The molecule has 11 heteroatoms. The maximum absolute atomic E-state index is 13.7. The molecule has 0 atom stereocenters. The number of halogens is 2. The number of unbranched alkanes of at least 4 members (excludes halogenated alkanes) is 1. The summed E-state index contributed by atoms with van der Waals surface area (Å²) in [5.41, 5.74) is 5.52. The van der Waals surface area contributed by atoms with Gasteiger partial charge in [0.1, 0.15) is 22.4 Å². The number of aromatic amines is 1. The monoisotopic (exact) mass is 493 g/mol. The van der Waals surface area contributed by atoms with Crippen LogP contribution in [-0.4, -0.2) is 27.1 Å². The molecule has 0 aliphatic rings. The van der Waals surface area contributed by atoms with E-state index in [0.29, 0.717) is 24.3 Å². The van der Waals surface area contributed by atoms with Gasteiger partial charge in [0.15, 0.2) is 5.69 Å². The molecule has 1 aromatic carbocycles. The summed E-state index contributed by atoms with van der Waals surface area (Å²) in [6.45, 7) is 2.21. The first kappa shape index (κ1) is 24.5. The summed E-state index contributed by atoms with van der Waals surface area (Å²) < 4.78 is 8.09. The molecule has 0 radical (unpaired) electrons. The molecule has 0 aliphatic heterocycles. The van der Waals surface area contributed by atoms with Crippen molar-refractivity contribution in [1.82, 2.24) is 14.1 Å². The summed E-state index contributed by atoms with van der Waals surface area (Å²) in [6.07, 6.45) is 1.48. The number of amides is 1. The number of anilines is 2. The van der Waals surface area contributed by atoms with Crippen LogP contribution in [0, 0.1) is 0 Å². The van der Waals surface area contributed by atoms with Gasteiger partial charge in [0.25, 0.3) is 11.5 Å². The molecular weight excluding hydrogens is 469 g/mol. The fourth-order valence-corrected chi connectivity index (χ4v) is 3.89. The predicted molar refractivity (Wildman–Crippen MR) is 130 cm³/mol. The lowest BCUT2D eigenvalue weighted by Crippen LogP contribution is -2.41. The number of nitrogens with zero attached hydrogens (tertiary/aromatic N) is 3. The van der Waals surface area contributed by atoms with Crippen molar-refractivity contribution in [2.75, 3.05) is 17.7 Å². The number of methoxy groups -OCH3 is 1. The largest absolute Gasteiger partial charge is 0.496 e. The lowest BCUT2D eigenvalue weighted by atomic mass is 10.1. The molecule has 0 fully saturated rings. The molecule has 33 heavy (non-hydrogen) atoms. The van der Waals surface area contributed by atoms with E-state index in [1.165, 1.54) is 27.2 Å². The van der Waals surface area contributed by atoms with Crippen molar-refractivity contribution in [2.24, 2.45) is 7.05 Å². The van der Waals surface area contributed by atoms with E-state index >= 15 is 0 Å². The quantitative estimate of drug-likeness (QED) is 0.498. The molecule has 0 saturated carbocycles. The van der Waals surface area contributed by atoms with Crippen LogP contribution in [0.2, 0.25) is 10.2 Å². The van der Waals surface area contributed by atoms with E-state index in [1.807, 2.05) is 6.92 Å². The number of carbonyl (C=O) groups excluding carboxylic acids is 1. The highest BCUT2D eigenvalue weighted by Gasteiger charge is 2.29. The first-order valence-electron chi connectivity index (χ1n) is 10.3. The van der Waals surface area contributed by atoms with E-state index in [0.717, 1.165) is 6.42 Å². The number of para-hydroxylation sites is 1. The number of hydrogen-bond donors (Lipinski definition) is 2. The predicted octanol–water partition coefficient (Wildman–Crippen LogP) is 3.42. The summed E-state index contributed by atoms with van der Waals surface area (Å²) in [4.78, 5) is 42.5. The molecule has 2 aromatic heterocycles. The zero-order valence-electron chi connectivity index (χ0n) is 18.5. The lowest BCUT2D eigenvalue weighted by Gasteiger charge is -2.25. The third-order valence-electron chi connectivity index (χ3n) is 5.32. The number of hydrogen-bond acceptors (Lipinski definition) is 5. The zero-order chi connectivity index (χ0) is 24.3. The van der Waals surface area contributed by atoms with Gasteiger partial charge in [-0.15, -0.1) is 0 Å². The molecule has 0 bridgehead atoms. The summed E-state index contributed by atoms with van der Waals surface area (Å²) in [7, 11) is 3.09. The number of aromatic nitrogens is 3. The molecule has 0 saturated heterocycles. The molecule has 1 amide bonds. The van der Waals surface area contributed by atoms with E-state index in [4.69, 9.17) is 33.7 Å². The first-order chi connectivity index (χ1) is 15.7. The molecule has 0 aliphatic carbocycles. The van der Waals surface area contributed by atoms with Crippen molar-refractivity contribution in [3.8, 4) is 5.75 Å². The van der Waals surface area contributed by atoms with Crippen LogP contribution in [0.1, 0.15) is 35.8 Å². The van der Waals surface area contributed by atoms with Crippen LogP contribution in [0.3, 0.4) is 0 Å². The van der Waals surface area contributed by atoms with Crippen LogP contribution in [0.25, 0.3) is 0 Å². The molecular formula is C22H25Cl2N5O4. The highest BCUT2D eigenvalue weighted by atomic mass is 35.5. The molecule has 2 heterocycles. The highest BCUT2D eigenvalue weighted by Crippen LogP contribution is 2.30. The van der Waals surface area contributed by atoms with Crippen molar-refractivity contribution in [3.63, 3.8) is 0 Å². The second-order valence-corrected chi connectivity index (χ2v) is 8.19. The van der Waals surface area contributed by atoms with Gasteiger partial charge in [-0.1, -0.05) is 54.7 Å². The number of H-pyrrole nitrogens is 1. The third-order valence-corrected chi connectivity index (χ3v) is 6.16. The Hall–Kier alpha value is -3.17. The van der Waals surface area contributed by atoms with Crippen molar-refractivity contribution in [1.29, 1.82) is 0 Å².